The number of carbonyl (C=O) groups is 1. The summed E-state index contributed by atoms with van der Waals surface area (Å²) in [5.41, 5.74) is 6.91. The summed E-state index contributed by atoms with van der Waals surface area (Å²) in [6, 6.07) is 4.47. The molecule has 1 rings (SSSR count). The first-order chi connectivity index (χ1) is 9.40. The molecule has 20 heavy (non-hydrogen) atoms. The Morgan fingerprint density at radius 3 is 2.80 bits per heavy atom. The van der Waals surface area contributed by atoms with Crippen molar-refractivity contribution in [3.63, 3.8) is 0 Å². The predicted molar refractivity (Wildman–Crippen MR) is 71.9 cm³/mol. The fourth-order valence-corrected chi connectivity index (χ4v) is 1.34. The number of nitrogens with two attached hydrogens (primary N) is 1. The standard InChI is InChI=1S/C12H17N3O5/c1-8-3-4-10(19-5-6-20-15(17)18)7-11(8)14-12(16)9(2)13/h3-4,7,9H,5-6,13H2,1-2H3,(H,14,16). The number of nitrogens with one attached hydrogen (secondary N) is 1. The van der Waals surface area contributed by atoms with Crippen molar-refractivity contribution >= 4 is 11.6 Å². The Kier molecular flexibility index (Phi) is 5.73. The minimum atomic E-state index is -0.882. The molecule has 3 N–H and O–H groups in total. The minimum absolute atomic E-state index is 0.0325. The predicted octanol–water partition coefficient (Wildman–Crippen LogP) is 0.868. The lowest BCUT2D eigenvalue weighted by molar-refractivity contribution is -0.757. The zero-order chi connectivity index (χ0) is 15.1. The number of nitrogens with zero attached hydrogens (tertiary/aromatic N) is 1. The summed E-state index contributed by atoms with van der Waals surface area (Å²) in [7, 11) is 0. The molecule has 1 aromatic rings. The normalized spacial score (nSPS) is 11.6. The van der Waals surface area contributed by atoms with E-state index in [2.05, 4.69) is 10.2 Å². The van der Waals surface area contributed by atoms with Gasteiger partial charge in [0.15, 0.2) is 0 Å². The molecule has 1 unspecified atom stereocenters. The van der Waals surface area contributed by atoms with Gasteiger partial charge in [-0.2, -0.15) is 0 Å². The summed E-state index contributed by atoms with van der Waals surface area (Å²) in [5, 5.41) is 11.8. The van der Waals surface area contributed by atoms with Gasteiger partial charge in [0.2, 0.25) is 5.91 Å². The fraction of sp³-hybridized carbons (Fsp3) is 0.417. The van der Waals surface area contributed by atoms with Gasteiger partial charge in [0, 0.05) is 11.8 Å². The Hall–Kier alpha value is -2.35. The van der Waals surface area contributed by atoms with E-state index in [4.69, 9.17) is 10.5 Å². The molecule has 0 spiro atoms. The van der Waals surface area contributed by atoms with Gasteiger partial charge in [0.25, 0.3) is 5.09 Å². The molecule has 0 fully saturated rings. The molecule has 0 aliphatic heterocycles. The number of amides is 1. The number of rotatable bonds is 7. The van der Waals surface area contributed by atoms with Crippen LogP contribution in [0.1, 0.15) is 12.5 Å². The van der Waals surface area contributed by atoms with Crippen LogP contribution >= 0.6 is 0 Å². The maximum absolute atomic E-state index is 11.5. The van der Waals surface area contributed by atoms with Gasteiger partial charge in [-0.15, -0.1) is 10.1 Å². The summed E-state index contributed by atoms with van der Waals surface area (Å²) in [4.78, 5) is 25.6. The summed E-state index contributed by atoms with van der Waals surface area (Å²) in [6.45, 7) is 3.28. The maximum atomic E-state index is 11.5. The van der Waals surface area contributed by atoms with Gasteiger partial charge in [-0.1, -0.05) is 6.07 Å². The van der Waals surface area contributed by atoms with Crippen molar-refractivity contribution in [2.24, 2.45) is 5.73 Å². The number of anilines is 1. The molecule has 8 nitrogen and oxygen atoms in total. The van der Waals surface area contributed by atoms with Gasteiger partial charge in [-0.05, 0) is 25.5 Å². The third-order valence-electron chi connectivity index (χ3n) is 2.43. The molecule has 0 bridgehead atoms. The van der Waals surface area contributed by atoms with E-state index >= 15 is 0 Å². The first kappa shape index (κ1) is 15.7. The van der Waals surface area contributed by atoms with Gasteiger partial charge in [0.1, 0.15) is 19.0 Å². The van der Waals surface area contributed by atoms with E-state index < -0.39 is 11.1 Å². The first-order valence-electron chi connectivity index (χ1n) is 5.97. The van der Waals surface area contributed by atoms with Crippen LogP contribution in [0.15, 0.2) is 18.2 Å². The molecule has 110 valence electrons. The number of carbonyl (C=O) groups excluding carboxylic acids is 1. The molecule has 1 aromatic carbocycles. The van der Waals surface area contributed by atoms with Crippen LogP contribution < -0.4 is 15.8 Å². The highest BCUT2D eigenvalue weighted by molar-refractivity contribution is 5.95. The van der Waals surface area contributed by atoms with Gasteiger partial charge in [-0.3, -0.25) is 4.79 Å². The largest absolute Gasteiger partial charge is 0.492 e. The average molecular weight is 283 g/mol. The SMILES string of the molecule is Cc1ccc(OCCO[N+](=O)[O-])cc1NC(=O)C(C)N. The van der Waals surface area contributed by atoms with Crippen molar-refractivity contribution in [3.8, 4) is 5.75 Å². The fourth-order valence-electron chi connectivity index (χ4n) is 1.34. The van der Waals surface area contributed by atoms with Crippen LogP contribution in [-0.2, 0) is 9.63 Å². The van der Waals surface area contributed by atoms with Crippen LogP contribution in [-0.4, -0.2) is 30.2 Å². The van der Waals surface area contributed by atoms with Crippen LogP contribution in [0.5, 0.6) is 5.75 Å². The number of ether oxygens (including phenoxy) is 1. The van der Waals surface area contributed by atoms with Gasteiger partial charge in [-0.25, -0.2) is 0 Å². The average Bonchev–Trinajstić information content (AvgIpc) is 2.37. The third kappa shape index (κ3) is 5.11. The lowest BCUT2D eigenvalue weighted by atomic mass is 10.2. The van der Waals surface area contributed by atoms with Gasteiger partial charge >= 0.3 is 0 Å². The molecule has 0 aromatic heterocycles. The minimum Gasteiger partial charge on any atom is -0.492 e. The monoisotopic (exact) mass is 283 g/mol. The molecule has 0 aliphatic carbocycles. The second-order valence-corrected chi connectivity index (χ2v) is 4.16. The Morgan fingerprint density at radius 2 is 2.20 bits per heavy atom. The van der Waals surface area contributed by atoms with Crippen molar-refractivity contribution < 1.29 is 19.5 Å². The molecule has 0 aliphatic rings. The molecule has 0 heterocycles. The molecule has 8 heteroatoms. The van der Waals surface area contributed by atoms with E-state index in [0.29, 0.717) is 11.4 Å². The van der Waals surface area contributed by atoms with E-state index in [1.54, 1.807) is 25.1 Å². The molecular formula is C12H17N3O5. The van der Waals surface area contributed by atoms with E-state index in [1.807, 2.05) is 6.92 Å². The molecule has 0 saturated carbocycles. The Morgan fingerprint density at radius 1 is 1.50 bits per heavy atom. The lowest BCUT2D eigenvalue weighted by Gasteiger charge is -2.12. The topological polar surface area (TPSA) is 117 Å². The molecule has 0 radical (unpaired) electrons. The third-order valence-corrected chi connectivity index (χ3v) is 2.43. The zero-order valence-electron chi connectivity index (χ0n) is 11.3. The van der Waals surface area contributed by atoms with E-state index in [0.717, 1.165) is 5.56 Å². The molecule has 1 atom stereocenters. The lowest BCUT2D eigenvalue weighted by Crippen LogP contribution is -2.32. The Bertz CT molecular complexity index is 490. The van der Waals surface area contributed by atoms with Crippen molar-refractivity contribution in [2.75, 3.05) is 18.5 Å². The summed E-state index contributed by atoms with van der Waals surface area (Å²) < 4.78 is 5.28. The van der Waals surface area contributed by atoms with Crippen molar-refractivity contribution in [2.45, 2.75) is 19.9 Å². The van der Waals surface area contributed by atoms with Crippen molar-refractivity contribution in [1.82, 2.24) is 0 Å². The van der Waals surface area contributed by atoms with Gasteiger partial charge < -0.3 is 20.6 Å². The molecule has 0 saturated heterocycles. The van der Waals surface area contributed by atoms with Crippen LogP contribution in [0.25, 0.3) is 0 Å². The number of hydrogen-bond acceptors (Lipinski definition) is 6. The summed E-state index contributed by atoms with van der Waals surface area (Å²) in [6.07, 6.45) is 0. The molecular weight excluding hydrogens is 266 g/mol. The van der Waals surface area contributed by atoms with Crippen LogP contribution in [0.4, 0.5) is 5.69 Å². The number of aryl methyl sites for hydroxylation is 1. The van der Waals surface area contributed by atoms with Crippen molar-refractivity contribution in [1.29, 1.82) is 0 Å². The van der Waals surface area contributed by atoms with Crippen LogP contribution in [0.3, 0.4) is 0 Å². The van der Waals surface area contributed by atoms with E-state index in [9.17, 15) is 14.9 Å². The second-order valence-electron chi connectivity index (χ2n) is 4.16. The zero-order valence-corrected chi connectivity index (χ0v) is 11.3. The first-order valence-corrected chi connectivity index (χ1v) is 5.97. The summed E-state index contributed by atoms with van der Waals surface area (Å²) >= 11 is 0. The quantitative estimate of drug-likeness (QED) is 0.435. The van der Waals surface area contributed by atoms with Crippen LogP contribution in [0, 0.1) is 17.0 Å². The van der Waals surface area contributed by atoms with E-state index in [1.165, 1.54) is 0 Å². The number of hydrogen-bond donors (Lipinski definition) is 2. The number of benzene rings is 1. The van der Waals surface area contributed by atoms with Gasteiger partial charge in [0.05, 0.1) is 6.04 Å². The highest BCUT2D eigenvalue weighted by Gasteiger charge is 2.10. The smallest absolute Gasteiger partial charge is 0.294 e. The molecule has 1 amide bonds. The highest BCUT2D eigenvalue weighted by atomic mass is 17.0. The van der Waals surface area contributed by atoms with E-state index in [-0.39, 0.29) is 19.1 Å². The van der Waals surface area contributed by atoms with Crippen LogP contribution in [0.2, 0.25) is 0 Å². The van der Waals surface area contributed by atoms with Crippen molar-refractivity contribution in [3.05, 3.63) is 33.9 Å². The maximum Gasteiger partial charge on any atom is 0.294 e. The summed E-state index contributed by atoms with van der Waals surface area (Å²) in [5.74, 6) is 0.171. The second kappa shape index (κ2) is 7.29. The Balaban J connectivity index is 2.61. The Labute approximate surface area is 116 Å². The highest BCUT2D eigenvalue weighted by Crippen LogP contribution is 2.22.